The van der Waals surface area contributed by atoms with E-state index >= 15 is 0 Å². The molecule has 0 aliphatic rings. The van der Waals surface area contributed by atoms with Crippen LogP contribution in [0.4, 0.5) is 0 Å². The SMILES string of the molecule is CCC(CC)(NC)C(C)(C)NCCN(C)C. The molecule has 0 fully saturated rings. The molecule has 3 heteroatoms. The molecule has 0 saturated carbocycles. The lowest BCUT2D eigenvalue weighted by atomic mass is 9.75. The monoisotopic (exact) mass is 229 g/mol. The van der Waals surface area contributed by atoms with E-state index in [1.807, 2.05) is 0 Å². The van der Waals surface area contributed by atoms with Gasteiger partial charge in [-0.3, -0.25) is 0 Å². The molecule has 0 aliphatic carbocycles. The van der Waals surface area contributed by atoms with Crippen LogP contribution in [-0.4, -0.2) is 50.2 Å². The Morgan fingerprint density at radius 3 is 1.88 bits per heavy atom. The predicted molar refractivity (Wildman–Crippen MR) is 73.0 cm³/mol. The van der Waals surface area contributed by atoms with E-state index in [9.17, 15) is 0 Å². The second kappa shape index (κ2) is 6.58. The molecule has 0 aromatic heterocycles. The lowest BCUT2D eigenvalue weighted by Crippen LogP contribution is -2.65. The summed E-state index contributed by atoms with van der Waals surface area (Å²) in [7, 11) is 6.29. The van der Waals surface area contributed by atoms with E-state index in [1.54, 1.807) is 0 Å². The Bertz CT molecular complexity index is 175. The third-order valence-electron chi connectivity index (χ3n) is 4.01. The highest BCUT2D eigenvalue weighted by atomic mass is 15.1. The van der Waals surface area contributed by atoms with Crippen LogP contribution in [0.5, 0.6) is 0 Å². The zero-order valence-electron chi connectivity index (χ0n) is 12.3. The summed E-state index contributed by atoms with van der Waals surface area (Å²) in [6, 6.07) is 0. The van der Waals surface area contributed by atoms with Gasteiger partial charge in [-0.1, -0.05) is 13.8 Å². The largest absolute Gasteiger partial charge is 0.313 e. The number of likely N-dealkylation sites (N-methyl/N-ethyl adjacent to an activating group) is 2. The molecule has 0 spiro atoms. The van der Waals surface area contributed by atoms with Crippen LogP contribution >= 0.6 is 0 Å². The number of hydrogen-bond acceptors (Lipinski definition) is 3. The fourth-order valence-electron chi connectivity index (χ4n) is 2.56. The first-order valence-corrected chi connectivity index (χ1v) is 6.44. The second-order valence-electron chi connectivity index (χ2n) is 5.39. The van der Waals surface area contributed by atoms with Gasteiger partial charge >= 0.3 is 0 Å². The molecule has 3 nitrogen and oxygen atoms in total. The first-order chi connectivity index (χ1) is 7.35. The molecule has 98 valence electrons. The van der Waals surface area contributed by atoms with Gasteiger partial charge in [0.1, 0.15) is 0 Å². The lowest BCUT2D eigenvalue weighted by molar-refractivity contribution is 0.151. The van der Waals surface area contributed by atoms with Crippen LogP contribution in [0.2, 0.25) is 0 Å². The quantitative estimate of drug-likeness (QED) is 0.663. The lowest BCUT2D eigenvalue weighted by Gasteiger charge is -2.47. The summed E-state index contributed by atoms with van der Waals surface area (Å²) < 4.78 is 0. The highest BCUT2D eigenvalue weighted by Gasteiger charge is 2.40. The van der Waals surface area contributed by atoms with Crippen molar-refractivity contribution in [1.29, 1.82) is 0 Å². The van der Waals surface area contributed by atoms with Gasteiger partial charge in [0.05, 0.1) is 0 Å². The number of nitrogens with zero attached hydrogens (tertiary/aromatic N) is 1. The van der Waals surface area contributed by atoms with Crippen LogP contribution < -0.4 is 10.6 Å². The highest BCUT2D eigenvalue weighted by molar-refractivity contribution is 5.03. The van der Waals surface area contributed by atoms with Crippen molar-refractivity contribution in [1.82, 2.24) is 15.5 Å². The van der Waals surface area contributed by atoms with Gasteiger partial charge in [0.25, 0.3) is 0 Å². The Labute approximate surface area is 102 Å². The van der Waals surface area contributed by atoms with E-state index in [4.69, 9.17) is 0 Å². The topological polar surface area (TPSA) is 27.3 Å². The van der Waals surface area contributed by atoms with Crippen molar-refractivity contribution in [2.24, 2.45) is 0 Å². The molecule has 16 heavy (non-hydrogen) atoms. The fraction of sp³-hybridized carbons (Fsp3) is 1.00. The van der Waals surface area contributed by atoms with Crippen molar-refractivity contribution < 1.29 is 0 Å². The van der Waals surface area contributed by atoms with E-state index in [1.165, 1.54) is 0 Å². The van der Waals surface area contributed by atoms with Gasteiger partial charge < -0.3 is 15.5 Å². The first-order valence-electron chi connectivity index (χ1n) is 6.44. The minimum atomic E-state index is 0.112. The second-order valence-corrected chi connectivity index (χ2v) is 5.39. The summed E-state index contributed by atoms with van der Waals surface area (Å²) in [5.41, 5.74) is 0.292. The van der Waals surface area contributed by atoms with Crippen molar-refractivity contribution in [2.75, 3.05) is 34.2 Å². The molecule has 0 bridgehead atoms. The summed E-state index contributed by atoms with van der Waals surface area (Å²) >= 11 is 0. The van der Waals surface area contributed by atoms with Gasteiger partial charge in [-0.15, -0.1) is 0 Å². The molecule has 0 heterocycles. The van der Waals surface area contributed by atoms with Crippen LogP contribution in [0.25, 0.3) is 0 Å². The van der Waals surface area contributed by atoms with Crippen LogP contribution in [-0.2, 0) is 0 Å². The summed E-state index contributed by atoms with van der Waals surface area (Å²) in [5, 5.41) is 7.20. The minimum Gasteiger partial charge on any atom is -0.313 e. The maximum absolute atomic E-state index is 3.68. The Kier molecular flexibility index (Phi) is 6.53. The average Bonchev–Trinajstić information content (AvgIpc) is 2.19. The van der Waals surface area contributed by atoms with E-state index in [0.717, 1.165) is 25.9 Å². The van der Waals surface area contributed by atoms with E-state index in [2.05, 4.69) is 64.4 Å². The van der Waals surface area contributed by atoms with E-state index < -0.39 is 0 Å². The van der Waals surface area contributed by atoms with Crippen LogP contribution in [0.15, 0.2) is 0 Å². The average molecular weight is 229 g/mol. The van der Waals surface area contributed by atoms with E-state index in [-0.39, 0.29) is 11.1 Å². The maximum Gasteiger partial charge on any atom is 0.0350 e. The smallest absolute Gasteiger partial charge is 0.0350 e. The van der Waals surface area contributed by atoms with Gasteiger partial charge in [-0.05, 0) is 47.8 Å². The van der Waals surface area contributed by atoms with Crippen molar-refractivity contribution in [3.05, 3.63) is 0 Å². The van der Waals surface area contributed by atoms with Crippen LogP contribution in [0, 0.1) is 0 Å². The molecule has 0 aromatic rings. The van der Waals surface area contributed by atoms with Crippen LogP contribution in [0.1, 0.15) is 40.5 Å². The molecule has 2 N–H and O–H groups in total. The van der Waals surface area contributed by atoms with Gasteiger partial charge in [0.15, 0.2) is 0 Å². The third kappa shape index (κ3) is 3.72. The van der Waals surface area contributed by atoms with E-state index in [0.29, 0.717) is 0 Å². The van der Waals surface area contributed by atoms with Crippen LogP contribution in [0.3, 0.4) is 0 Å². The summed E-state index contributed by atoms with van der Waals surface area (Å²) in [5.74, 6) is 0. The van der Waals surface area contributed by atoms with Crippen molar-refractivity contribution in [3.63, 3.8) is 0 Å². The molecule has 0 atom stereocenters. The first kappa shape index (κ1) is 15.9. The molecule has 0 saturated heterocycles. The molecule has 0 radical (unpaired) electrons. The fourth-order valence-corrected chi connectivity index (χ4v) is 2.56. The maximum atomic E-state index is 3.68. The zero-order valence-corrected chi connectivity index (χ0v) is 12.3. The normalized spacial score (nSPS) is 13.5. The van der Waals surface area contributed by atoms with Crippen molar-refractivity contribution in [3.8, 4) is 0 Å². The third-order valence-corrected chi connectivity index (χ3v) is 4.01. The highest BCUT2D eigenvalue weighted by Crippen LogP contribution is 2.28. The molecular weight excluding hydrogens is 198 g/mol. The van der Waals surface area contributed by atoms with Gasteiger partial charge in [-0.2, -0.15) is 0 Å². The van der Waals surface area contributed by atoms with Crippen molar-refractivity contribution >= 4 is 0 Å². The standard InChI is InChI=1S/C13H31N3/c1-8-13(9-2,14-5)12(3,4)15-10-11-16(6)7/h14-15H,8-11H2,1-7H3. The minimum absolute atomic E-state index is 0.112. The van der Waals surface area contributed by atoms with Gasteiger partial charge in [0.2, 0.25) is 0 Å². The molecule has 0 unspecified atom stereocenters. The zero-order chi connectivity index (χ0) is 12.8. The molecule has 0 aliphatic heterocycles. The molecule has 0 amide bonds. The Hall–Kier alpha value is -0.120. The van der Waals surface area contributed by atoms with Gasteiger partial charge in [-0.25, -0.2) is 0 Å². The number of hydrogen-bond donors (Lipinski definition) is 2. The Morgan fingerprint density at radius 2 is 1.56 bits per heavy atom. The molecule has 0 rings (SSSR count). The van der Waals surface area contributed by atoms with Crippen molar-refractivity contribution in [2.45, 2.75) is 51.6 Å². The predicted octanol–water partition coefficient (Wildman–Crippen LogP) is 1.69. The molecular formula is C13H31N3. The van der Waals surface area contributed by atoms with Gasteiger partial charge in [0, 0.05) is 24.2 Å². The molecule has 0 aromatic carbocycles. The Balaban J connectivity index is 4.47. The number of rotatable bonds is 8. The summed E-state index contributed by atoms with van der Waals surface area (Å²) in [4.78, 5) is 2.21. The number of nitrogens with one attached hydrogen (secondary N) is 2. The summed E-state index contributed by atoms with van der Waals surface area (Å²) in [6.45, 7) is 11.2. The summed E-state index contributed by atoms with van der Waals surface area (Å²) in [6.07, 6.45) is 2.28. The Morgan fingerprint density at radius 1 is 1.06 bits per heavy atom.